The molecule has 3 aromatic carbocycles. The van der Waals surface area contributed by atoms with Gasteiger partial charge < -0.3 is 0 Å². The smallest absolute Gasteiger partial charge is 0.0284 e. The largest absolute Gasteiger partial charge is 0.0795 e. The van der Waals surface area contributed by atoms with Gasteiger partial charge in [0, 0.05) is 11.1 Å². The lowest BCUT2D eigenvalue weighted by atomic mass is 10.0. The number of benzene rings is 3. The lowest BCUT2D eigenvalue weighted by Gasteiger charge is -2.01. The summed E-state index contributed by atoms with van der Waals surface area (Å²) in [4.78, 5) is 0. The minimum Gasteiger partial charge on any atom is -0.0795 e. The van der Waals surface area contributed by atoms with Crippen LogP contribution in [0.15, 0.2) is 91.0 Å². The summed E-state index contributed by atoms with van der Waals surface area (Å²) >= 11 is 0. The molecule has 0 aliphatic carbocycles. The molecule has 110 valence electrons. The molecule has 0 radical (unpaired) electrons. The van der Waals surface area contributed by atoms with E-state index in [1.165, 1.54) is 11.1 Å². The Morgan fingerprint density at radius 1 is 0.652 bits per heavy atom. The van der Waals surface area contributed by atoms with Crippen LogP contribution in [0.4, 0.5) is 0 Å². The molecule has 0 heterocycles. The second kappa shape index (κ2) is 7.82. The molecule has 0 saturated heterocycles. The van der Waals surface area contributed by atoms with Gasteiger partial charge in [0.2, 0.25) is 0 Å². The minimum atomic E-state index is 0.883. The SMILES string of the molecule is C(#Cc1ccccc1C/C=C/c1ccccc1)c1ccccc1. The van der Waals surface area contributed by atoms with Crippen LogP contribution in [0.25, 0.3) is 6.08 Å². The van der Waals surface area contributed by atoms with Gasteiger partial charge in [0.05, 0.1) is 0 Å². The highest BCUT2D eigenvalue weighted by atomic mass is 14.0. The molecular formula is C23H18. The van der Waals surface area contributed by atoms with Gasteiger partial charge in [0.25, 0.3) is 0 Å². The van der Waals surface area contributed by atoms with E-state index in [4.69, 9.17) is 0 Å². The lowest BCUT2D eigenvalue weighted by molar-refractivity contribution is 1.26. The minimum absolute atomic E-state index is 0.883. The summed E-state index contributed by atoms with van der Waals surface area (Å²) in [6.07, 6.45) is 5.23. The third kappa shape index (κ3) is 4.46. The molecule has 3 aromatic rings. The fourth-order valence-electron chi connectivity index (χ4n) is 2.37. The van der Waals surface area contributed by atoms with Crippen LogP contribution in [0, 0.1) is 11.8 Å². The van der Waals surface area contributed by atoms with E-state index in [-0.39, 0.29) is 0 Å². The van der Waals surface area contributed by atoms with E-state index in [9.17, 15) is 0 Å². The van der Waals surface area contributed by atoms with Gasteiger partial charge in [0.15, 0.2) is 0 Å². The predicted octanol–water partition coefficient (Wildman–Crippen LogP) is 5.34. The number of hydrogen-bond donors (Lipinski definition) is 0. The molecule has 23 heavy (non-hydrogen) atoms. The van der Waals surface area contributed by atoms with E-state index >= 15 is 0 Å². The van der Waals surface area contributed by atoms with Gasteiger partial charge in [-0.3, -0.25) is 0 Å². The van der Waals surface area contributed by atoms with Crippen LogP contribution >= 0.6 is 0 Å². The summed E-state index contributed by atoms with van der Waals surface area (Å²) in [6.45, 7) is 0. The first-order chi connectivity index (χ1) is 11.4. The first kappa shape index (κ1) is 14.9. The van der Waals surface area contributed by atoms with Crippen molar-refractivity contribution in [3.8, 4) is 11.8 Å². The normalized spacial score (nSPS) is 10.3. The summed E-state index contributed by atoms with van der Waals surface area (Å²) in [5.74, 6) is 6.53. The third-order valence-corrected chi connectivity index (χ3v) is 3.58. The van der Waals surface area contributed by atoms with Crippen molar-refractivity contribution in [2.24, 2.45) is 0 Å². The summed E-state index contributed by atoms with van der Waals surface area (Å²) in [5, 5.41) is 0. The molecule has 0 fully saturated rings. The molecule has 0 saturated carbocycles. The molecule has 0 amide bonds. The van der Waals surface area contributed by atoms with Crippen molar-refractivity contribution in [2.75, 3.05) is 0 Å². The van der Waals surface area contributed by atoms with Gasteiger partial charge in [-0.15, -0.1) is 0 Å². The number of hydrogen-bond acceptors (Lipinski definition) is 0. The topological polar surface area (TPSA) is 0 Å². The molecule has 0 unspecified atom stereocenters. The molecule has 0 spiro atoms. The molecule has 0 aromatic heterocycles. The van der Waals surface area contributed by atoms with Crippen molar-refractivity contribution in [1.82, 2.24) is 0 Å². The molecule has 0 aliphatic rings. The van der Waals surface area contributed by atoms with Crippen LogP contribution in [0.5, 0.6) is 0 Å². The van der Waals surface area contributed by atoms with Gasteiger partial charge in [-0.05, 0) is 35.7 Å². The van der Waals surface area contributed by atoms with Crippen molar-refractivity contribution >= 4 is 6.08 Å². The Labute approximate surface area is 138 Å². The zero-order valence-electron chi connectivity index (χ0n) is 12.9. The molecule has 0 heteroatoms. The number of allylic oxidation sites excluding steroid dienone is 1. The standard InChI is InChI=1S/C23H18/c1-3-10-20(11-4-1)14-9-17-22-15-7-8-16-23(22)19-18-21-12-5-2-6-13-21/h1-16H,17H2/b14-9+. The molecule has 0 N–H and O–H groups in total. The first-order valence-electron chi connectivity index (χ1n) is 7.78. The van der Waals surface area contributed by atoms with Gasteiger partial charge in [-0.2, -0.15) is 0 Å². The maximum Gasteiger partial charge on any atom is 0.0284 e. The van der Waals surface area contributed by atoms with E-state index in [1.807, 2.05) is 42.5 Å². The molecular weight excluding hydrogens is 276 g/mol. The van der Waals surface area contributed by atoms with Crippen LogP contribution in [0.2, 0.25) is 0 Å². The van der Waals surface area contributed by atoms with Crippen molar-refractivity contribution in [3.63, 3.8) is 0 Å². The Hall–Kier alpha value is -3.04. The highest BCUT2D eigenvalue weighted by molar-refractivity contribution is 5.51. The van der Waals surface area contributed by atoms with Crippen molar-refractivity contribution in [3.05, 3.63) is 113 Å². The summed E-state index contributed by atoms with van der Waals surface area (Å²) in [7, 11) is 0. The molecule has 0 nitrogen and oxygen atoms in total. The summed E-state index contributed by atoms with van der Waals surface area (Å²) in [5.41, 5.74) is 4.61. The first-order valence-corrected chi connectivity index (χ1v) is 7.78. The van der Waals surface area contributed by atoms with E-state index in [2.05, 4.69) is 66.5 Å². The fraction of sp³-hybridized carbons (Fsp3) is 0.0435. The Kier molecular flexibility index (Phi) is 5.06. The highest BCUT2D eigenvalue weighted by Gasteiger charge is 1.96. The quantitative estimate of drug-likeness (QED) is 0.572. The van der Waals surface area contributed by atoms with Crippen molar-refractivity contribution in [1.29, 1.82) is 0 Å². The molecule has 0 atom stereocenters. The van der Waals surface area contributed by atoms with E-state index < -0.39 is 0 Å². The van der Waals surface area contributed by atoms with Crippen molar-refractivity contribution in [2.45, 2.75) is 6.42 Å². The zero-order valence-corrected chi connectivity index (χ0v) is 12.9. The van der Waals surface area contributed by atoms with Crippen LogP contribution < -0.4 is 0 Å². The molecule has 3 rings (SSSR count). The van der Waals surface area contributed by atoms with Crippen LogP contribution in [0.1, 0.15) is 22.3 Å². The number of rotatable bonds is 3. The molecule has 0 aliphatic heterocycles. The lowest BCUT2D eigenvalue weighted by Crippen LogP contribution is -1.87. The Balaban J connectivity index is 1.76. The average molecular weight is 294 g/mol. The molecule has 0 bridgehead atoms. The highest BCUT2D eigenvalue weighted by Crippen LogP contribution is 2.11. The Bertz CT molecular complexity index is 831. The second-order valence-corrected chi connectivity index (χ2v) is 5.29. The summed E-state index contributed by atoms with van der Waals surface area (Å²) in [6, 6.07) is 28.8. The van der Waals surface area contributed by atoms with Crippen LogP contribution in [-0.2, 0) is 6.42 Å². The maximum absolute atomic E-state index is 3.29. The maximum atomic E-state index is 3.29. The van der Waals surface area contributed by atoms with Crippen LogP contribution in [0.3, 0.4) is 0 Å². The fourth-order valence-corrected chi connectivity index (χ4v) is 2.37. The second-order valence-electron chi connectivity index (χ2n) is 5.29. The van der Waals surface area contributed by atoms with E-state index in [0.29, 0.717) is 0 Å². The predicted molar refractivity (Wildman–Crippen MR) is 98.0 cm³/mol. The van der Waals surface area contributed by atoms with Gasteiger partial charge in [-0.1, -0.05) is 90.7 Å². The summed E-state index contributed by atoms with van der Waals surface area (Å²) < 4.78 is 0. The van der Waals surface area contributed by atoms with E-state index in [1.54, 1.807) is 0 Å². The van der Waals surface area contributed by atoms with Crippen LogP contribution in [-0.4, -0.2) is 0 Å². The Morgan fingerprint density at radius 2 is 1.30 bits per heavy atom. The zero-order chi connectivity index (χ0) is 15.7. The van der Waals surface area contributed by atoms with Gasteiger partial charge >= 0.3 is 0 Å². The van der Waals surface area contributed by atoms with Gasteiger partial charge in [-0.25, -0.2) is 0 Å². The van der Waals surface area contributed by atoms with E-state index in [0.717, 1.165) is 17.5 Å². The third-order valence-electron chi connectivity index (χ3n) is 3.58. The average Bonchev–Trinajstić information content (AvgIpc) is 2.63. The Morgan fingerprint density at radius 3 is 2.09 bits per heavy atom. The van der Waals surface area contributed by atoms with Crippen molar-refractivity contribution < 1.29 is 0 Å². The monoisotopic (exact) mass is 294 g/mol. The van der Waals surface area contributed by atoms with Gasteiger partial charge in [0.1, 0.15) is 0 Å².